The molecule has 0 radical (unpaired) electrons. The summed E-state index contributed by atoms with van der Waals surface area (Å²) in [6.45, 7) is 2.04. The molecule has 1 fully saturated rings. The number of hydrogen-bond acceptors (Lipinski definition) is 5. The summed E-state index contributed by atoms with van der Waals surface area (Å²) in [6, 6.07) is 18.1. The second kappa shape index (κ2) is 7.50. The third-order valence-electron chi connectivity index (χ3n) is 4.10. The van der Waals surface area contributed by atoms with E-state index in [4.69, 9.17) is 0 Å². The van der Waals surface area contributed by atoms with Crippen LogP contribution in [-0.4, -0.2) is 28.0 Å². The van der Waals surface area contributed by atoms with Gasteiger partial charge in [0.25, 0.3) is 5.91 Å². The molecular weight excluding hydrogens is 374 g/mol. The normalized spacial score (nSPS) is 17.3. The Morgan fingerprint density at radius 2 is 1.93 bits per heavy atom. The van der Waals surface area contributed by atoms with Crippen molar-refractivity contribution in [3.8, 4) is 11.3 Å². The Bertz CT molecular complexity index is 1050. The van der Waals surface area contributed by atoms with Crippen molar-refractivity contribution in [1.82, 2.24) is 9.88 Å². The molecule has 2 heterocycles. The molecular formula is C21H17N3OS2. The lowest BCUT2D eigenvalue weighted by Crippen LogP contribution is -2.23. The van der Waals surface area contributed by atoms with E-state index in [0.717, 1.165) is 16.8 Å². The van der Waals surface area contributed by atoms with E-state index < -0.39 is 0 Å². The molecule has 4 nitrogen and oxygen atoms in total. The van der Waals surface area contributed by atoms with E-state index in [1.807, 2.05) is 66.9 Å². The summed E-state index contributed by atoms with van der Waals surface area (Å²) in [5.41, 5.74) is 4.13. The van der Waals surface area contributed by atoms with E-state index in [1.54, 1.807) is 11.9 Å². The fourth-order valence-electron chi connectivity index (χ4n) is 2.70. The molecule has 0 saturated carbocycles. The maximum atomic E-state index is 12.6. The van der Waals surface area contributed by atoms with Crippen molar-refractivity contribution in [2.45, 2.75) is 6.92 Å². The van der Waals surface area contributed by atoms with Crippen molar-refractivity contribution >= 4 is 45.4 Å². The minimum Gasteiger partial charge on any atom is -0.289 e. The standard InChI is InChI=1S/C21H17N3OS2/c1-14-7-6-8-15(11-14)12-18-19(25)24(2)21(27-18)23-20-22-17(13-26-20)16-9-4-3-5-10-16/h3-13H,1-2H3/b18-12-,23-21+. The van der Waals surface area contributed by atoms with Gasteiger partial charge in [-0.2, -0.15) is 4.99 Å². The molecule has 0 N–H and O–H groups in total. The number of aromatic nitrogens is 1. The molecule has 0 bridgehead atoms. The molecule has 1 aromatic heterocycles. The molecule has 1 aliphatic rings. The summed E-state index contributed by atoms with van der Waals surface area (Å²) in [6.07, 6.45) is 1.91. The molecule has 2 aromatic carbocycles. The fraction of sp³-hybridized carbons (Fsp3) is 0.0952. The van der Waals surface area contributed by atoms with Gasteiger partial charge in [0.2, 0.25) is 5.13 Å². The molecule has 1 saturated heterocycles. The van der Waals surface area contributed by atoms with Gasteiger partial charge in [-0.3, -0.25) is 9.69 Å². The van der Waals surface area contributed by atoms with Gasteiger partial charge in [0.15, 0.2) is 5.17 Å². The number of thioether (sulfide) groups is 1. The van der Waals surface area contributed by atoms with Crippen LogP contribution in [-0.2, 0) is 4.79 Å². The van der Waals surface area contributed by atoms with Crippen molar-refractivity contribution in [3.05, 3.63) is 76.0 Å². The molecule has 1 aliphatic heterocycles. The summed E-state index contributed by atoms with van der Waals surface area (Å²) in [7, 11) is 1.75. The lowest BCUT2D eigenvalue weighted by molar-refractivity contribution is -0.121. The lowest BCUT2D eigenvalue weighted by atomic mass is 10.1. The Labute approximate surface area is 166 Å². The van der Waals surface area contributed by atoms with Crippen LogP contribution < -0.4 is 0 Å². The maximum Gasteiger partial charge on any atom is 0.266 e. The third kappa shape index (κ3) is 3.86. The molecule has 4 rings (SSSR count). The molecule has 0 atom stereocenters. The van der Waals surface area contributed by atoms with E-state index in [0.29, 0.717) is 15.2 Å². The van der Waals surface area contributed by atoms with Crippen LogP contribution in [0.1, 0.15) is 11.1 Å². The summed E-state index contributed by atoms with van der Waals surface area (Å²) in [5.74, 6) is -0.0416. The minimum absolute atomic E-state index is 0.0416. The van der Waals surface area contributed by atoms with E-state index >= 15 is 0 Å². The molecule has 134 valence electrons. The van der Waals surface area contributed by atoms with E-state index in [9.17, 15) is 4.79 Å². The fourth-order valence-corrected chi connectivity index (χ4v) is 4.42. The van der Waals surface area contributed by atoms with Crippen LogP contribution >= 0.6 is 23.1 Å². The predicted octanol–water partition coefficient (Wildman–Crippen LogP) is 5.35. The van der Waals surface area contributed by atoms with Crippen molar-refractivity contribution in [2.75, 3.05) is 7.05 Å². The molecule has 1 amide bonds. The zero-order valence-corrected chi connectivity index (χ0v) is 16.6. The number of benzene rings is 2. The number of nitrogens with zero attached hydrogens (tertiary/aromatic N) is 3. The van der Waals surface area contributed by atoms with Gasteiger partial charge < -0.3 is 0 Å². The predicted molar refractivity (Wildman–Crippen MR) is 114 cm³/mol. The van der Waals surface area contributed by atoms with Crippen molar-refractivity contribution in [3.63, 3.8) is 0 Å². The molecule has 0 unspecified atom stereocenters. The van der Waals surface area contributed by atoms with Gasteiger partial charge in [-0.25, -0.2) is 4.98 Å². The number of likely N-dealkylation sites (N-methyl/N-ethyl adjacent to an activating group) is 1. The number of rotatable bonds is 3. The van der Waals surface area contributed by atoms with Gasteiger partial charge in [-0.05, 0) is 30.3 Å². The molecule has 27 heavy (non-hydrogen) atoms. The Morgan fingerprint density at radius 3 is 2.70 bits per heavy atom. The van der Waals surface area contributed by atoms with Crippen LogP contribution in [0.5, 0.6) is 0 Å². The zero-order chi connectivity index (χ0) is 18.8. The van der Waals surface area contributed by atoms with Gasteiger partial charge in [0, 0.05) is 18.0 Å². The first-order chi connectivity index (χ1) is 13.1. The number of hydrogen-bond donors (Lipinski definition) is 0. The first-order valence-electron chi connectivity index (χ1n) is 8.44. The Morgan fingerprint density at radius 1 is 1.11 bits per heavy atom. The van der Waals surface area contributed by atoms with Gasteiger partial charge in [0.05, 0.1) is 10.6 Å². The Balaban J connectivity index is 1.59. The number of amides is 1. The number of aryl methyl sites for hydroxylation is 1. The molecule has 6 heteroatoms. The smallest absolute Gasteiger partial charge is 0.266 e. The monoisotopic (exact) mass is 391 g/mol. The molecule has 0 spiro atoms. The second-order valence-electron chi connectivity index (χ2n) is 6.16. The van der Waals surface area contributed by atoms with E-state index in [2.05, 4.69) is 16.0 Å². The van der Waals surface area contributed by atoms with Crippen LogP contribution in [0, 0.1) is 6.92 Å². The maximum absolute atomic E-state index is 12.6. The SMILES string of the molecule is Cc1cccc(/C=C2\S/C(=N/c3nc(-c4ccccc4)cs3)N(C)C2=O)c1. The van der Waals surface area contributed by atoms with Crippen LogP contribution in [0.25, 0.3) is 17.3 Å². The Kier molecular flexibility index (Phi) is 4.92. The zero-order valence-electron chi connectivity index (χ0n) is 14.9. The van der Waals surface area contributed by atoms with E-state index in [1.165, 1.54) is 28.7 Å². The average molecular weight is 392 g/mol. The topological polar surface area (TPSA) is 45.6 Å². The number of thiazole rings is 1. The summed E-state index contributed by atoms with van der Waals surface area (Å²) >= 11 is 2.85. The first-order valence-corrected chi connectivity index (χ1v) is 10.1. The first kappa shape index (κ1) is 17.7. The van der Waals surface area contributed by atoms with Crippen LogP contribution in [0.3, 0.4) is 0 Å². The average Bonchev–Trinajstić information content (AvgIpc) is 3.24. The van der Waals surface area contributed by atoms with Gasteiger partial charge >= 0.3 is 0 Å². The second-order valence-corrected chi connectivity index (χ2v) is 8.01. The van der Waals surface area contributed by atoms with Gasteiger partial charge in [-0.1, -0.05) is 60.2 Å². The molecule has 3 aromatic rings. The summed E-state index contributed by atoms with van der Waals surface area (Å²) < 4.78 is 0. The lowest BCUT2D eigenvalue weighted by Gasteiger charge is -2.05. The number of amidine groups is 1. The Hall–Kier alpha value is -2.70. The minimum atomic E-state index is -0.0416. The van der Waals surface area contributed by atoms with Crippen molar-refractivity contribution in [1.29, 1.82) is 0 Å². The van der Waals surface area contributed by atoms with Gasteiger partial charge in [0.1, 0.15) is 0 Å². The third-order valence-corrected chi connectivity index (χ3v) is 5.89. The largest absolute Gasteiger partial charge is 0.289 e. The summed E-state index contributed by atoms with van der Waals surface area (Å²) in [4.78, 5) is 24.0. The summed E-state index contributed by atoms with van der Waals surface area (Å²) in [5, 5.41) is 3.28. The van der Waals surface area contributed by atoms with Gasteiger partial charge in [-0.15, -0.1) is 11.3 Å². The number of carbonyl (C=O) groups is 1. The van der Waals surface area contributed by atoms with Crippen LogP contribution in [0.15, 0.2) is 69.9 Å². The van der Waals surface area contributed by atoms with Crippen molar-refractivity contribution in [2.24, 2.45) is 4.99 Å². The highest BCUT2D eigenvalue weighted by Gasteiger charge is 2.30. The highest BCUT2D eigenvalue weighted by molar-refractivity contribution is 8.18. The molecule has 0 aliphatic carbocycles. The number of aliphatic imine (C=N–C) groups is 1. The van der Waals surface area contributed by atoms with E-state index in [-0.39, 0.29) is 5.91 Å². The highest BCUT2D eigenvalue weighted by Crippen LogP contribution is 2.34. The van der Waals surface area contributed by atoms with Crippen LogP contribution in [0.2, 0.25) is 0 Å². The number of carbonyl (C=O) groups excluding carboxylic acids is 1. The van der Waals surface area contributed by atoms with Crippen LogP contribution in [0.4, 0.5) is 5.13 Å². The highest BCUT2D eigenvalue weighted by atomic mass is 32.2. The van der Waals surface area contributed by atoms with Crippen molar-refractivity contribution < 1.29 is 4.79 Å². The quantitative estimate of drug-likeness (QED) is 0.565.